The number of para-hydroxylation sites is 1. The first-order valence-corrected chi connectivity index (χ1v) is 27.1. The lowest BCUT2D eigenvalue weighted by Gasteiger charge is -2.48. The van der Waals surface area contributed by atoms with E-state index in [2.05, 4.69) is 262 Å². The van der Waals surface area contributed by atoms with Crippen molar-refractivity contribution in [1.29, 1.82) is 0 Å². The van der Waals surface area contributed by atoms with Crippen LogP contribution < -0.4 is 4.90 Å². The molecular weight excluding hydrogens is 866 g/mol. The van der Waals surface area contributed by atoms with E-state index in [-0.39, 0.29) is 10.8 Å². The Morgan fingerprint density at radius 1 is 0.750 bits per heavy atom. The number of fused-ring (bicyclic) bond motifs is 1. The molecule has 4 heteroatoms. The number of anilines is 2. The van der Waals surface area contributed by atoms with Crippen molar-refractivity contribution >= 4 is 42.6 Å². The molecule has 2 unspecified atom stereocenters. The van der Waals surface area contributed by atoms with Crippen molar-refractivity contribution in [2.45, 2.75) is 119 Å². The molecule has 4 aromatic carbocycles. The Kier molecular flexibility index (Phi) is 15.1. The summed E-state index contributed by atoms with van der Waals surface area (Å²) in [6.45, 7) is 27.5. The van der Waals surface area contributed by atoms with E-state index < -0.39 is 0 Å². The molecule has 4 aromatic rings. The number of nitrogens with zero attached hydrogens (tertiary/aromatic N) is 2. The fourth-order valence-electron chi connectivity index (χ4n) is 12.1. The molecule has 0 N–H and O–H groups in total. The topological polar surface area (TPSA) is 6.48 Å². The van der Waals surface area contributed by atoms with E-state index in [1.54, 1.807) is 11.0 Å². The van der Waals surface area contributed by atoms with Crippen LogP contribution in [0.25, 0.3) is 16.6 Å². The summed E-state index contributed by atoms with van der Waals surface area (Å²) in [5.41, 5.74) is 23.1. The third-order valence-electron chi connectivity index (χ3n) is 17.6. The largest absolute Gasteiger partial charge is 0.364 e. The van der Waals surface area contributed by atoms with E-state index in [4.69, 9.17) is 0 Å². The third kappa shape index (κ3) is 10.5. The molecule has 0 bridgehead atoms. The van der Waals surface area contributed by atoms with Crippen LogP contribution in [0.15, 0.2) is 221 Å². The zero-order valence-electron chi connectivity index (χ0n) is 45.4. The molecule has 0 amide bonds. The van der Waals surface area contributed by atoms with Gasteiger partial charge in [-0.15, -0.1) is 5.47 Å². The number of allylic oxidation sites excluding steroid dienone is 17. The molecule has 4 atom stereocenters. The van der Waals surface area contributed by atoms with Crippen molar-refractivity contribution in [1.82, 2.24) is 4.90 Å². The second-order valence-electron chi connectivity index (χ2n) is 22.8. The third-order valence-corrected chi connectivity index (χ3v) is 17.6. The van der Waals surface area contributed by atoms with Gasteiger partial charge in [0, 0.05) is 34.5 Å². The summed E-state index contributed by atoms with van der Waals surface area (Å²) >= 11 is 0. The summed E-state index contributed by atoms with van der Waals surface area (Å²) < 4.78 is 0. The standard InChI is InChI=1S/C68H78B2N2/c1-46(53-24-16-12-17-25-53)32-34-48(3)61-37-38-63(69-61)50(5)42-59-52(7)71(57-28-20-14-21-29-57)45-56(68(59,10)11)44-66-51(6)67(8,9)60-43-55(36-41-65(60)72(66)58-30-22-15-23-31-58)47(2)33-35-49(4)62-39-40-64(70-62)54-26-18-13-19-27-54/h12-28,30-33,35-37,39-41,43-44,48,50,57,63,69-70H,29,34,38,42,45H2,1-11H3/b46-32+,47-33+,49-35+,56-44+/t48?,50?,57-,63+/m0/s1. The van der Waals surface area contributed by atoms with Crippen LogP contribution in [0.4, 0.5) is 11.4 Å². The van der Waals surface area contributed by atoms with Gasteiger partial charge in [-0.05, 0) is 153 Å². The van der Waals surface area contributed by atoms with Crippen LogP contribution in [0.5, 0.6) is 0 Å². The molecule has 2 nitrogen and oxygen atoms in total. The van der Waals surface area contributed by atoms with Gasteiger partial charge >= 0.3 is 0 Å². The van der Waals surface area contributed by atoms with Gasteiger partial charge in [0.2, 0.25) is 0 Å². The summed E-state index contributed by atoms with van der Waals surface area (Å²) in [5.74, 6) is 1.78. The second kappa shape index (κ2) is 21.5. The highest BCUT2D eigenvalue weighted by Crippen LogP contribution is 2.53. The van der Waals surface area contributed by atoms with Gasteiger partial charge < -0.3 is 9.80 Å². The van der Waals surface area contributed by atoms with E-state index in [1.807, 2.05) is 0 Å². The summed E-state index contributed by atoms with van der Waals surface area (Å²) in [5, 5.41) is 0. The van der Waals surface area contributed by atoms with E-state index >= 15 is 0 Å². The van der Waals surface area contributed by atoms with E-state index in [1.165, 1.54) is 97.5 Å². The van der Waals surface area contributed by atoms with Crippen LogP contribution in [0.1, 0.15) is 124 Å². The minimum atomic E-state index is -0.206. The molecule has 4 aliphatic heterocycles. The van der Waals surface area contributed by atoms with Gasteiger partial charge in [0.1, 0.15) is 0 Å². The van der Waals surface area contributed by atoms with Gasteiger partial charge in [-0.25, -0.2) is 0 Å². The highest BCUT2D eigenvalue weighted by Gasteiger charge is 2.42. The quantitative estimate of drug-likeness (QED) is 0.0918. The molecule has 0 radical (unpaired) electrons. The van der Waals surface area contributed by atoms with Crippen LogP contribution in [-0.4, -0.2) is 32.0 Å². The number of rotatable bonds is 14. The maximum atomic E-state index is 2.74. The normalized spacial score (nSPS) is 22.3. The molecule has 0 saturated heterocycles. The van der Waals surface area contributed by atoms with Crippen molar-refractivity contribution in [3.63, 3.8) is 0 Å². The average Bonchev–Trinajstić information content (AvgIpc) is 4.12. The zero-order valence-corrected chi connectivity index (χ0v) is 45.4. The molecule has 0 fully saturated rings. The minimum absolute atomic E-state index is 0.129. The molecule has 0 aromatic heterocycles. The molecule has 0 saturated carbocycles. The Labute approximate surface area is 436 Å². The first-order chi connectivity index (χ1) is 34.6. The zero-order chi connectivity index (χ0) is 50.7. The van der Waals surface area contributed by atoms with Crippen LogP contribution in [-0.2, 0) is 5.41 Å². The maximum Gasteiger partial charge on any atom is 0.193 e. The predicted octanol–water partition coefficient (Wildman–Crippen LogP) is 17.2. The Hall–Kier alpha value is -6.25. The highest BCUT2D eigenvalue weighted by molar-refractivity contribution is 6.70. The van der Waals surface area contributed by atoms with Crippen LogP contribution >= 0.6 is 0 Å². The van der Waals surface area contributed by atoms with Crippen molar-refractivity contribution in [3.05, 3.63) is 243 Å². The fraction of sp³-hybridized carbons (Fsp3) is 0.324. The van der Waals surface area contributed by atoms with E-state index in [9.17, 15) is 0 Å². The number of hydrogen-bond acceptors (Lipinski definition) is 2. The first kappa shape index (κ1) is 50.7. The lowest BCUT2D eigenvalue weighted by molar-refractivity contribution is 0.254. The Balaban J connectivity index is 1.01. The van der Waals surface area contributed by atoms with Gasteiger partial charge in [-0.2, -0.15) is 0 Å². The summed E-state index contributed by atoms with van der Waals surface area (Å²) in [7, 11) is 2.18. The SMILES string of the molecule is CC1=C(CC(C)[C@@H]2BC(C(C)C/C=C(\C)c3ccccc3)=CC2)C(C)(C)/C(=C/C2=C(C)C(C)(C)c3cc(/C(C)=C/C=C(\C)C4=CC=C(c5ccccc5)B4)ccc3N2c2ccccc2)CN1[C@H]1C=CC=CC1. The molecule has 72 heavy (non-hydrogen) atoms. The molecule has 1 aliphatic carbocycles. The van der Waals surface area contributed by atoms with Crippen molar-refractivity contribution < 1.29 is 0 Å². The molecule has 0 spiro atoms. The lowest BCUT2D eigenvalue weighted by Crippen LogP contribution is -2.44. The van der Waals surface area contributed by atoms with Crippen molar-refractivity contribution in [2.75, 3.05) is 11.4 Å². The van der Waals surface area contributed by atoms with Gasteiger partial charge in [-0.1, -0.05) is 210 Å². The van der Waals surface area contributed by atoms with Gasteiger partial charge in [-0.3, -0.25) is 0 Å². The molecule has 4 heterocycles. The molecule has 9 rings (SSSR count). The van der Waals surface area contributed by atoms with Crippen LogP contribution in [0, 0.1) is 17.3 Å². The first-order valence-electron chi connectivity index (χ1n) is 27.1. The predicted molar refractivity (Wildman–Crippen MR) is 317 cm³/mol. The van der Waals surface area contributed by atoms with Gasteiger partial charge in [0.05, 0.1) is 11.7 Å². The van der Waals surface area contributed by atoms with Crippen molar-refractivity contribution in [3.8, 4) is 0 Å². The average molecular weight is 945 g/mol. The molecule has 366 valence electrons. The summed E-state index contributed by atoms with van der Waals surface area (Å²) in [6, 6.07) is 40.3. The number of benzene rings is 4. The second-order valence-corrected chi connectivity index (χ2v) is 22.8. The van der Waals surface area contributed by atoms with E-state index in [0.29, 0.717) is 23.7 Å². The molecular formula is C68H78B2N2. The number of hydrogen-bond donors (Lipinski definition) is 0. The highest BCUT2D eigenvalue weighted by atomic mass is 15.2. The van der Waals surface area contributed by atoms with Crippen LogP contribution in [0.2, 0.25) is 5.82 Å². The van der Waals surface area contributed by atoms with Gasteiger partial charge in [0.15, 0.2) is 14.6 Å². The van der Waals surface area contributed by atoms with Crippen LogP contribution in [0.3, 0.4) is 0 Å². The lowest BCUT2D eigenvalue weighted by atomic mass is 9.54. The Bertz CT molecular complexity index is 3020. The monoisotopic (exact) mass is 945 g/mol. The molecule has 5 aliphatic rings. The Morgan fingerprint density at radius 2 is 1.44 bits per heavy atom. The summed E-state index contributed by atoms with van der Waals surface area (Å²) in [4.78, 5) is 5.31. The smallest absolute Gasteiger partial charge is 0.193 e. The fourth-order valence-corrected chi connectivity index (χ4v) is 12.1. The Morgan fingerprint density at radius 3 is 2.15 bits per heavy atom. The minimum Gasteiger partial charge on any atom is -0.364 e. The summed E-state index contributed by atoms with van der Waals surface area (Å²) in [6.07, 6.45) is 30.6. The maximum absolute atomic E-state index is 2.74. The van der Waals surface area contributed by atoms with E-state index in [0.717, 1.165) is 33.1 Å². The van der Waals surface area contributed by atoms with Gasteiger partial charge in [0.25, 0.3) is 0 Å². The van der Waals surface area contributed by atoms with Crippen molar-refractivity contribution in [2.24, 2.45) is 17.3 Å².